The molecule has 8 nitrogen and oxygen atoms in total. The molecular formula is C32H43AlCl16N8. The van der Waals surface area contributed by atoms with Gasteiger partial charge in [-0.1, -0.05) is 0 Å². The average molecular weight is 1130 g/mol. The SMILES string of the molecule is ClC1C(Cl)C(Cl)C2C3NC(NC4NC(NC5NC(NC6NC(N3)C3C(Cl)C(Cl)C(Cl)C(Cl)C63)C3C(Cl)C(Cl)C(Cl)C(Cl)C53)C3C(Cl)C(Cl)C(Cl)C(Cl)C43)C2C1Cl.[AlH3]. The summed E-state index contributed by atoms with van der Waals surface area (Å²) in [6.45, 7) is 0. The van der Waals surface area contributed by atoms with Gasteiger partial charge in [0.2, 0.25) is 0 Å². The van der Waals surface area contributed by atoms with Gasteiger partial charge in [0.05, 0.1) is 135 Å². The Balaban J connectivity index is 0.00000455. The molecule has 57 heavy (non-hydrogen) atoms. The van der Waals surface area contributed by atoms with Crippen molar-refractivity contribution in [1.82, 2.24) is 42.5 Å². The van der Waals surface area contributed by atoms with Crippen molar-refractivity contribution in [2.75, 3.05) is 0 Å². The summed E-state index contributed by atoms with van der Waals surface area (Å²) in [6.07, 6.45) is -3.49. The zero-order valence-electron chi connectivity index (χ0n) is 28.5. The van der Waals surface area contributed by atoms with E-state index in [9.17, 15) is 0 Å². The Hall–Kier alpha value is 4.85. The molecular weight excluding hydrogens is 1090 g/mol. The van der Waals surface area contributed by atoms with E-state index in [-0.39, 0.29) is 64.7 Å². The predicted octanol–water partition coefficient (Wildman–Crippen LogP) is 4.90. The topological polar surface area (TPSA) is 96.2 Å². The summed E-state index contributed by atoms with van der Waals surface area (Å²) in [5.41, 5.74) is 0. The number of halogens is 16. The van der Waals surface area contributed by atoms with Crippen LogP contribution in [-0.4, -0.2) is 153 Å². The van der Waals surface area contributed by atoms with Gasteiger partial charge in [-0.3, -0.25) is 42.5 Å². The first-order chi connectivity index (χ1) is 26.4. The van der Waals surface area contributed by atoms with Gasteiger partial charge in [-0.15, -0.1) is 186 Å². The highest BCUT2D eigenvalue weighted by Crippen LogP contribution is 2.54. The van der Waals surface area contributed by atoms with E-state index in [1.807, 2.05) is 0 Å². The second-order valence-corrected chi connectivity index (χ2v) is 24.9. The van der Waals surface area contributed by atoms with E-state index < -0.39 is 135 Å². The molecule has 25 heteroatoms. The zero-order chi connectivity index (χ0) is 40.1. The molecule has 8 N–H and O–H groups in total. The van der Waals surface area contributed by atoms with E-state index in [1.54, 1.807) is 0 Å². The lowest BCUT2D eigenvalue weighted by molar-refractivity contribution is 0.181. The fraction of sp³-hybridized carbons (Fsp3) is 1.00. The highest BCUT2D eigenvalue weighted by atomic mass is 35.5. The maximum atomic E-state index is 7.25. The first-order valence-corrected chi connectivity index (χ1v) is 25.8. The molecule has 8 bridgehead atoms. The van der Waals surface area contributed by atoms with Gasteiger partial charge in [-0.2, -0.15) is 0 Å². The molecule has 24 atom stereocenters. The number of hydrogen-bond donors (Lipinski definition) is 8. The lowest BCUT2D eigenvalue weighted by Crippen LogP contribution is -2.62. The quantitative estimate of drug-likeness (QED) is 0.129. The molecule has 24 unspecified atom stereocenters. The van der Waals surface area contributed by atoms with E-state index in [4.69, 9.17) is 186 Å². The van der Waals surface area contributed by atoms with Crippen LogP contribution in [0.15, 0.2) is 0 Å². The molecule has 0 aromatic rings. The Bertz CT molecular complexity index is 1170. The van der Waals surface area contributed by atoms with Gasteiger partial charge in [-0.05, 0) is 0 Å². The largest absolute Gasteiger partial charge is 0.286 e. The van der Waals surface area contributed by atoms with Crippen LogP contribution in [0.1, 0.15) is 0 Å². The van der Waals surface area contributed by atoms with E-state index in [2.05, 4.69) is 42.5 Å². The molecule has 0 spiro atoms. The average Bonchev–Trinajstić information content (AvgIpc) is 3.92. The number of rotatable bonds is 0. The number of alkyl halides is 16. The number of fused-ring (bicyclic) bond motifs is 20. The van der Waals surface area contributed by atoms with E-state index in [0.717, 1.165) is 0 Å². The van der Waals surface area contributed by atoms with Crippen LogP contribution in [0.3, 0.4) is 0 Å². The van der Waals surface area contributed by atoms with Crippen molar-refractivity contribution in [2.45, 2.75) is 135 Å². The third-order valence-electron chi connectivity index (χ3n) is 14.3. The van der Waals surface area contributed by atoms with Gasteiger partial charge in [0.25, 0.3) is 0 Å². The van der Waals surface area contributed by atoms with Crippen molar-refractivity contribution >= 4 is 203 Å². The molecule has 5 saturated heterocycles. The van der Waals surface area contributed by atoms with Crippen LogP contribution < -0.4 is 42.5 Å². The maximum Gasteiger partial charge on any atom is 0.187 e. The third-order valence-corrected chi connectivity index (χ3v) is 24.7. The van der Waals surface area contributed by atoms with E-state index in [0.29, 0.717) is 0 Å². The van der Waals surface area contributed by atoms with Gasteiger partial charge >= 0.3 is 0 Å². The summed E-state index contributed by atoms with van der Waals surface area (Å²) in [4.78, 5) is 0. The molecule has 326 valence electrons. The molecule has 5 heterocycles. The molecule has 9 rings (SSSR count). The monoisotopic (exact) mass is 1130 g/mol. The Morgan fingerprint density at radius 1 is 0.158 bits per heavy atom. The van der Waals surface area contributed by atoms with Crippen LogP contribution in [0, 0.1) is 47.3 Å². The second-order valence-electron chi connectivity index (χ2n) is 16.9. The van der Waals surface area contributed by atoms with Crippen molar-refractivity contribution < 1.29 is 0 Å². The van der Waals surface area contributed by atoms with Crippen molar-refractivity contribution in [3.63, 3.8) is 0 Å². The Morgan fingerprint density at radius 3 is 0.333 bits per heavy atom. The summed E-state index contributed by atoms with van der Waals surface area (Å²) in [7, 11) is 0. The highest BCUT2D eigenvalue weighted by Gasteiger charge is 2.66. The summed E-state index contributed by atoms with van der Waals surface area (Å²) in [6, 6.07) is 0. The molecule has 0 amide bonds. The Labute approximate surface area is 423 Å². The van der Waals surface area contributed by atoms with Crippen LogP contribution in [0.2, 0.25) is 0 Å². The maximum absolute atomic E-state index is 7.25. The van der Waals surface area contributed by atoms with Gasteiger partial charge < -0.3 is 0 Å². The molecule has 0 aromatic carbocycles. The van der Waals surface area contributed by atoms with Gasteiger partial charge in [0.1, 0.15) is 0 Å². The van der Waals surface area contributed by atoms with Gasteiger partial charge in [0, 0.05) is 47.3 Å². The fourth-order valence-corrected chi connectivity index (χ4v) is 18.7. The van der Waals surface area contributed by atoms with Gasteiger partial charge in [0.15, 0.2) is 17.4 Å². The van der Waals surface area contributed by atoms with Crippen LogP contribution in [0.4, 0.5) is 0 Å². The van der Waals surface area contributed by atoms with Gasteiger partial charge in [-0.25, -0.2) is 0 Å². The second kappa shape index (κ2) is 18.4. The molecule has 4 aliphatic carbocycles. The molecule has 0 radical (unpaired) electrons. The molecule has 4 saturated carbocycles. The highest BCUT2D eigenvalue weighted by molar-refractivity contribution is 6.41. The van der Waals surface area contributed by atoms with Crippen molar-refractivity contribution in [3.05, 3.63) is 0 Å². The van der Waals surface area contributed by atoms with Crippen LogP contribution in [-0.2, 0) is 0 Å². The van der Waals surface area contributed by atoms with E-state index in [1.165, 1.54) is 0 Å². The summed E-state index contributed by atoms with van der Waals surface area (Å²) >= 11 is 113. The number of hydrogen-bond acceptors (Lipinski definition) is 8. The lowest BCUT2D eigenvalue weighted by Gasteiger charge is -2.46. The van der Waals surface area contributed by atoms with Crippen LogP contribution in [0.25, 0.3) is 0 Å². The van der Waals surface area contributed by atoms with Crippen molar-refractivity contribution in [3.8, 4) is 0 Å². The number of nitrogens with one attached hydrogen (secondary N) is 8. The van der Waals surface area contributed by atoms with E-state index >= 15 is 0 Å². The normalized spacial score (nSPS) is 64.8. The standard InChI is InChI=1S/C32H40Cl16N8.Al.3H/c33-9-1-2(10(34)18(42)17(9)41)26-49-25(1)53-27-3-4(12(36)20(44)19(43)11(3)35)29(50-27)55-31-7-8(16(40)24(48)23(47)15(7)39)32(52-31)56-30-6-5(28(51-30)54-26)13(37)21(45)22(46)14(6)38;;;;/h1-32,49-56H;;;;. The smallest absolute Gasteiger partial charge is 0.187 e. The Kier molecular flexibility index (Phi) is 15.6. The lowest BCUT2D eigenvalue weighted by atomic mass is 9.75. The minimum atomic E-state index is -0.618. The third kappa shape index (κ3) is 7.76. The molecule has 5 aliphatic heterocycles. The summed E-state index contributed by atoms with van der Waals surface area (Å²) < 4.78 is 0. The van der Waals surface area contributed by atoms with Crippen LogP contribution in [0.5, 0.6) is 0 Å². The summed E-state index contributed by atoms with van der Waals surface area (Å²) in [5.74, 6) is -2.37. The zero-order valence-corrected chi connectivity index (χ0v) is 40.6. The minimum absolute atomic E-state index is 0. The summed E-state index contributed by atoms with van der Waals surface area (Å²) in [5, 5.41) is 21.0. The predicted molar refractivity (Wildman–Crippen MR) is 248 cm³/mol. The molecule has 9 fully saturated rings. The minimum Gasteiger partial charge on any atom is -0.286 e. The molecule has 0 aromatic heterocycles. The van der Waals surface area contributed by atoms with Crippen LogP contribution >= 0.6 is 186 Å². The first-order valence-electron chi connectivity index (χ1n) is 18.8. The van der Waals surface area contributed by atoms with Crippen molar-refractivity contribution in [2.24, 2.45) is 47.3 Å². The first kappa shape index (κ1) is 48.3. The Morgan fingerprint density at radius 2 is 0.246 bits per heavy atom. The van der Waals surface area contributed by atoms with Crippen molar-refractivity contribution in [1.29, 1.82) is 0 Å². The fourth-order valence-electron chi connectivity index (χ4n) is 11.8. The molecule has 9 aliphatic rings.